The summed E-state index contributed by atoms with van der Waals surface area (Å²) in [6.07, 6.45) is 1.87. The summed E-state index contributed by atoms with van der Waals surface area (Å²) in [7, 11) is 2.16. The summed E-state index contributed by atoms with van der Waals surface area (Å²) in [5.74, 6) is 0. The zero-order chi connectivity index (χ0) is 19.9. The standard InChI is InChI=1S/C23H32N4O/c1-18-17-21(27-15-13-26(3)14-16-27)11-12-22(18)25-23(28)24-19(2)9-10-20-7-5-4-6-8-20/h4-8,11-12,17,19H,9-10,13-16H2,1-3H3,(H2,24,25,28)/t19-/m1/s1. The van der Waals surface area contributed by atoms with Crippen LogP contribution in [0.4, 0.5) is 16.2 Å². The van der Waals surface area contributed by atoms with Crippen LogP contribution in [0.15, 0.2) is 48.5 Å². The molecule has 0 saturated carbocycles. The number of anilines is 2. The van der Waals surface area contributed by atoms with Gasteiger partial charge in [-0.1, -0.05) is 30.3 Å². The van der Waals surface area contributed by atoms with Crippen LogP contribution in [0.1, 0.15) is 24.5 Å². The Morgan fingerprint density at radius 3 is 2.46 bits per heavy atom. The lowest BCUT2D eigenvalue weighted by atomic mass is 10.1. The first-order valence-corrected chi connectivity index (χ1v) is 10.2. The Bertz CT molecular complexity index is 769. The Kier molecular flexibility index (Phi) is 6.93. The van der Waals surface area contributed by atoms with E-state index in [0.29, 0.717) is 0 Å². The lowest BCUT2D eigenvalue weighted by Crippen LogP contribution is -2.44. The summed E-state index contributed by atoms with van der Waals surface area (Å²) in [4.78, 5) is 17.1. The van der Waals surface area contributed by atoms with Crippen molar-refractivity contribution < 1.29 is 4.79 Å². The third-order valence-corrected chi connectivity index (χ3v) is 5.41. The molecule has 0 unspecified atom stereocenters. The fourth-order valence-corrected chi connectivity index (χ4v) is 3.53. The Hall–Kier alpha value is -2.53. The minimum Gasteiger partial charge on any atom is -0.369 e. The molecule has 28 heavy (non-hydrogen) atoms. The molecule has 1 heterocycles. The van der Waals surface area contributed by atoms with Crippen molar-refractivity contribution in [2.24, 2.45) is 0 Å². The van der Waals surface area contributed by atoms with Crippen LogP contribution >= 0.6 is 0 Å². The van der Waals surface area contributed by atoms with Gasteiger partial charge in [-0.15, -0.1) is 0 Å². The molecule has 1 fully saturated rings. The fourth-order valence-electron chi connectivity index (χ4n) is 3.53. The molecule has 1 saturated heterocycles. The highest BCUT2D eigenvalue weighted by Gasteiger charge is 2.15. The van der Waals surface area contributed by atoms with Gasteiger partial charge in [0.1, 0.15) is 0 Å². The smallest absolute Gasteiger partial charge is 0.319 e. The van der Waals surface area contributed by atoms with Gasteiger partial charge < -0.3 is 20.4 Å². The third-order valence-electron chi connectivity index (χ3n) is 5.41. The minimum atomic E-state index is -0.143. The first kappa shape index (κ1) is 20.2. The predicted molar refractivity (Wildman–Crippen MR) is 117 cm³/mol. The molecular weight excluding hydrogens is 348 g/mol. The number of piperazine rings is 1. The molecule has 0 radical (unpaired) electrons. The number of nitrogens with one attached hydrogen (secondary N) is 2. The molecule has 0 spiro atoms. The maximum absolute atomic E-state index is 12.4. The van der Waals surface area contributed by atoms with Crippen LogP contribution < -0.4 is 15.5 Å². The summed E-state index contributed by atoms with van der Waals surface area (Å²) < 4.78 is 0. The Balaban J connectivity index is 1.49. The molecule has 0 aliphatic carbocycles. The molecule has 5 nitrogen and oxygen atoms in total. The maximum Gasteiger partial charge on any atom is 0.319 e. The van der Waals surface area contributed by atoms with E-state index in [1.807, 2.05) is 26.0 Å². The highest BCUT2D eigenvalue weighted by molar-refractivity contribution is 5.90. The van der Waals surface area contributed by atoms with Gasteiger partial charge in [-0.05, 0) is 63.1 Å². The molecular formula is C23H32N4O. The zero-order valence-corrected chi connectivity index (χ0v) is 17.2. The van der Waals surface area contributed by atoms with E-state index in [4.69, 9.17) is 0 Å². The van der Waals surface area contributed by atoms with Gasteiger partial charge in [-0.2, -0.15) is 0 Å². The normalized spacial score (nSPS) is 15.9. The van der Waals surface area contributed by atoms with Crippen molar-refractivity contribution in [2.45, 2.75) is 32.7 Å². The lowest BCUT2D eigenvalue weighted by molar-refractivity contribution is 0.248. The highest BCUT2D eigenvalue weighted by Crippen LogP contribution is 2.23. The van der Waals surface area contributed by atoms with E-state index in [0.717, 1.165) is 50.3 Å². The number of urea groups is 1. The van der Waals surface area contributed by atoms with Gasteiger partial charge in [-0.25, -0.2) is 4.79 Å². The Morgan fingerprint density at radius 1 is 1.07 bits per heavy atom. The largest absolute Gasteiger partial charge is 0.369 e. The van der Waals surface area contributed by atoms with Crippen LogP contribution in [0.2, 0.25) is 0 Å². The van der Waals surface area contributed by atoms with Gasteiger partial charge >= 0.3 is 6.03 Å². The number of nitrogens with zero attached hydrogens (tertiary/aromatic N) is 2. The van der Waals surface area contributed by atoms with Crippen molar-refractivity contribution in [3.63, 3.8) is 0 Å². The van der Waals surface area contributed by atoms with Crippen LogP contribution in [0.5, 0.6) is 0 Å². The summed E-state index contributed by atoms with van der Waals surface area (Å²) in [5, 5.41) is 6.04. The van der Waals surface area contributed by atoms with E-state index >= 15 is 0 Å². The van der Waals surface area contributed by atoms with Gasteiger partial charge in [0.15, 0.2) is 0 Å². The summed E-state index contributed by atoms with van der Waals surface area (Å²) in [6, 6.07) is 16.6. The second kappa shape index (κ2) is 9.60. The molecule has 2 amide bonds. The quantitative estimate of drug-likeness (QED) is 0.799. The summed E-state index contributed by atoms with van der Waals surface area (Å²) in [5.41, 5.74) is 4.48. The van der Waals surface area contributed by atoms with Crippen LogP contribution in [0.3, 0.4) is 0 Å². The number of carbonyl (C=O) groups excluding carboxylic acids is 1. The minimum absolute atomic E-state index is 0.116. The summed E-state index contributed by atoms with van der Waals surface area (Å²) in [6.45, 7) is 8.36. The topological polar surface area (TPSA) is 47.6 Å². The van der Waals surface area contributed by atoms with Crippen LogP contribution in [-0.4, -0.2) is 50.2 Å². The number of carbonyl (C=O) groups is 1. The average Bonchev–Trinajstić information content (AvgIpc) is 2.69. The molecule has 2 N–H and O–H groups in total. The number of hydrogen-bond donors (Lipinski definition) is 2. The number of likely N-dealkylation sites (N-methyl/N-ethyl adjacent to an activating group) is 1. The van der Waals surface area contributed by atoms with Gasteiger partial charge in [0.25, 0.3) is 0 Å². The monoisotopic (exact) mass is 380 g/mol. The Morgan fingerprint density at radius 2 is 1.79 bits per heavy atom. The van der Waals surface area contributed by atoms with Crippen LogP contribution in [0, 0.1) is 6.92 Å². The average molecular weight is 381 g/mol. The van der Waals surface area contributed by atoms with E-state index in [1.165, 1.54) is 11.3 Å². The molecule has 1 aliphatic rings. The van der Waals surface area contributed by atoms with E-state index in [9.17, 15) is 4.79 Å². The number of amides is 2. The van der Waals surface area contributed by atoms with Crippen molar-refractivity contribution >= 4 is 17.4 Å². The van der Waals surface area contributed by atoms with E-state index in [1.54, 1.807) is 0 Å². The van der Waals surface area contributed by atoms with Crippen LogP contribution in [0.25, 0.3) is 0 Å². The Labute approximate surface area is 168 Å². The first-order valence-electron chi connectivity index (χ1n) is 10.2. The van der Waals surface area contributed by atoms with Gasteiger partial charge in [0.05, 0.1) is 0 Å². The molecule has 0 bridgehead atoms. The van der Waals surface area contributed by atoms with Gasteiger partial charge in [-0.3, -0.25) is 0 Å². The molecule has 5 heteroatoms. The molecule has 0 aromatic heterocycles. The zero-order valence-electron chi connectivity index (χ0n) is 17.2. The second-order valence-corrected chi connectivity index (χ2v) is 7.81. The number of hydrogen-bond acceptors (Lipinski definition) is 3. The van der Waals surface area contributed by atoms with Crippen molar-refractivity contribution in [3.05, 3.63) is 59.7 Å². The van der Waals surface area contributed by atoms with Crippen molar-refractivity contribution in [2.75, 3.05) is 43.4 Å². The van der Waals surface area contributed by atoms with Crippen molar-refractivity contribution in [1.29, 1.82) is 0 Å². The second-order valence-electron chi connectivity index (χ2n) is 7.81. The highest BCUT2D eigenvalue weighted by atomic mass is 16.2. The number of rotatable bonds is 6. The fraction of sp³-hybridized carbons (Fsp3) is 0.435. The van der Waals surface area contributed by atoms with Crippen LogP contribution in [-0.2, 0) is 6.42 Å². The van der Waals surface area contributed by atoms with E-state index in [2.05, 4.69) is 63.9 Å². The molecule has 1 aliphatic heterocycles. The molecule has 1 atom stereocenters. The maximum atomic E-state index is 12.4. The van der Waals surface area contributed by atoms with E-state index < -0.39 is 0 Å². The molecule has 3 rings (SSSR count). The predicted octanol–water partition coefficient (Wildman–Crippen LogP) is 3.89. The molecule has 150 valence electrons. The van der Waals surface area contributed by atoms with Gasteiger partial charge in [0, 0.05) is 43.6 Å². The first-order chi connectivity index (χ1) is 13.5. The van der Waals surface area contributed by atoms with Crippen molar-refractivity contribution in [3.8, 4) is 0 Å². The lowest BCUT2D eigenvalue weighted by Gasteiger charge is -2.34. The van der Waals surface area contributed by atoms with E-state index in [-0.39, 0.29) is 12.1 Å². The number of aryl methyl sites for hydroxylation is 2. The third kappa shape index (κ3) is 5.73. The molecule has 2 aromatic rings. The summed E-state index contributed by atoms with van der Waals surface area (Å²) >= 11 is 0. The van der Waals surface area contributed by atoms with Crippen molar-refractivity contribution in [1.82, 2.24) is 10.2 Å². The SMILES string of the molecule is Cc1cc(N2CCN(C)CC2)ccc1NC(=O)N[C@H](C)CCc1ccccc1. The molecule has 2 aromatic carbocycles. The van der Waals surface area contributed by atoms with Gasteiger partial charge in [0.2, 0.25) is 0 Å². The number of benzene rings is 2.